The monoisotopic (exact) mass is 578 g/mol. The van der Waals surface area contributed by atoms with Crippen molar-refractivity contribution < 1.29 is 37.0 Å². The van der Waals surface area contributed by atoms with Crippen LogP contribution in [0.5, 0.6) is 5.75 Å². The predicted octanol–water partition coefficient (Wildman–Crippen LogP) is 6.66. The third-order valence-electron chi connectivity index (χ3n) is 6.43. The number of halogens is 3. The number of carbonyl (C=O) groups excluding carboxylic acids is 1. The number of carboxylic acids is 1. The Labute approximate surface area is 240 Å². The molecule has 0 aliphatic rings. The number of aliphatic carboxylic acids is 1. The molecule has 7 nitrogen and oxygen atoms in total. The van der Waals surface area contributed by atoms with Crippen molar-refractivity contribution in [1.82, 2.24) is 10.3 Å². The highest BCUT2D eigenvalue weighted by atomic mass is 19.4. The summed E-state index contributed by atoms with van der Waals surface area (Å²) in [6.07, 6.45) is -2.67. The summed E-state index contributed by atoms with van der Waals surface area (Å²) in [6.45, 7) is 3.75. The number of aromatic nitrogens is 1. The van der Waals surface area contributed by atoms with Crippen molar-refractivity contribution in [2.75, 3.05) is 6.61 Å². The Hall–Kier alpha value is -4.86. The van der Waals surface area contributed by atoms with Crippen molar-refractivity contribution in [2.45, 2.75) is 38.9 Å². The standard InChI is InChI=1S/C32H29F3N2O5/c1-20(18-29(38)23-10-12-25(13-11-23)32(33,34)35)36-28(31(39)40)19-22-8-14-26(15-9-22)41-17-16-27-21(2)42-30(37-27)24-6-4-3-5-7-24/h3-15,18,28,36H,16-17,19H2,1-2H3,(H,39,40)/b20-18+/t28-/m0/s1. The molecule has 218 valence electrons. The lowest BCUT2D eigenvalue weighted by Crippen LogP contribution is -2.37. The van der Waals surface area contributed by atoms with Crippen LogP contribution in [0.25, 0.3) is 11.5 Å². The number of carboxylic acid groups (broad SMARTS) is 1. The molecule has 3 aromatic carbocycles. The highest BCUT2D eigenvalue weighted by Gasteiger charge is 2.30. The van der Waals surface area contributed by atoms with Gasteiger partial charge in [-0.3, -0.25) is 4.79 Å². The van der Waals surface area contributed by atoms with E-state index < -0.39 is 29.5 Å². The molecule has 4 rings (SSSR count). The molecule has 0 aliphatic carbocycles. The van der Waals surface area contributed by atoms with E-state index in [9.17, 15) is 27.9 Å². The second kappa shape index (κ2) is 13.2. The lowest BCUT2D eigenvalue weighted by Gasteiger charge is -2.16. The SMILES string of the molecule is C/C(=C\C(=O)c1ccc(C(F)(F)F)cc1)N[C@@H](Cc1ccc(OCCc2nc(-c3ccccc3)oc2C)cc1)C(=O)O. The molecule has 1 heterocycles. The highest BCUT2D eigenvalue weighted by molar-refractivity contribution is 6.04. The summed E-state index contributed by atoms with van der Waals surface area (Å²) in [5, 5.41) is 12.5. The van der Waals surface area contributed by atoms with Gasteiger partial charge in [0, 0.05) is 35.7 Å². The lowest BCUT2D eigenvalue weighted by molar-refractivity contribution is -0.139. The summed E-state index contributed by atoms with van der Waals surface area (Å²) < 4.78 is 49.9. The van der Waals surface area contributed by atoms with Crippen LogP contribution in [0.2, 0.25) is 0 Å². The number of rotatable bonds is 12. The number of hydrogen-bond donors (Lipinski definition) is 2. The fraction of sp³-hybridized carbons (Fsp3) is 0.219. The number of alkyl halides is 3. The van der Waals surface area contributed by atoms with Crippen LogP contribution in [0.1, 0.15) is 39.9 Å². The number of aryl methyl sites for hydroxylation is 1. The van der Waals surface area contributed by atoms with Gasteiger partial charge >= 0.3 is 12.1 Å². The minimum absolute atomic E-state index is 0.0574. The van der Waals surface area contributed by atoms with Gasteiger partial charge in [0.15, 0.2) is 5.78 Å². The number of allylic oxidation sites excluding steroid dienone is 2. The lowest BCUT2D eigenvalue weighted by atomic mass is 10.0. The van der Waals surface area contributed by atoms with E-state index in [1.54, 1.807) is 24.3 Å². The number of ether oxygens (including phenoxy) is 1. The molecule has 0 radical (unpaired) electrons. The Balaban J connectivity index is 1.30. The summed E-state index contributed by atoms with van der Waals surface area (Å²) in [7, 11) is 0. The molecule has 0 saturated carbocycles. The molecule has 1 aromatic heterocycles. The van der Waals surface area contributed by atoms with Crippen molar-refractivity contribution in [3.63, 3.8) is 0 Å². The summed E-state index contributed by atoms with van der Waals surface area (Å²) in [6, 6.07) is 19.4. The van der Waals surface area contributed by atoms with Gasteiger partial charge in [0.05, 0.1) is 17.9 Å². The molecule has 4 aromatic rings. The van der Waals surface area contributed by atoms with Crippen LogP contribution >= 0.6 is 0 Å². The summed E-state index contributed by atoms with van der Waals surface area (Å²) in [5.74, 6) is 0.231. The van der Waals surface area contributed by atoms with Crippen LogP contribution in [-0.2, 0) is 23.8 Å². The quantitative estimate of drug-likeness (QED) is 0.143. The van der Waals surface area contributed by atoms with E-state index in [1.807, 2.05) is 37.3 Å². The Morgan fingerprint density at radius 3 is 2.31 bits per heavy atom. The van der Waals surface area contributed by atoms with Crippen LogP contribution in [0.3, 0.4) is 0 Å². The Kier molecular flexibility index (Phi) is 9.46. The zero-order valence-electron chi connectivity index (χ0n) is 22.9. The van der Waals surface area contributed by atoms with Crippen LogP contribution in [0.15, 0.2) is 95.1 Å². The molecule has 0 bridgehead atoms. The Morgan fingerprint density at radius 1 is 1.02 bits per heavy atom. The second-order valence-corrected chi connectivity index (χ2v) is 9.64. The van der Waals surface area contributed by atoms with Crippen molar-refractivity contribution in [2.24, 2.45) is 0 Å². The van der Waals surface area contributed by atoms with E-state index >= 15 is 0 Å². The smallest absolute Gasteiger partial charge is 0.416 e. The number of oxazole rings is 1. The first kappa shape index (κ1) is 30.1. The van der Waals surface area contributed by atoms with Gasteiger partial charge in [-0.15, -0.1) is 0 Å². The van der Waals surface area contributed by atoms with Crippen molar-refractivity contribution in [1.29, 1.82) is 0 Å². The molecule has 10 heteroatoms. The summed E-state index contributed by atoms with van der Waals surface area (Å²) in [4.78, 5) is 28.9. The zero-order chi connectivity index (χ0) is 30.3. The highest BCUT2D eigenvalue weighted by Crippen LogP contribution is 2.29. The zero-order valence-corrected chi connectivity index (χ0v) is 22.9. The van der Waals surface area contributed by atoms with Crippen LogP contribution in [0.4, 0.5) is 13.2 Å². The van der Waals surface area contributed by atoms with Gasteiger partial charge in [-0.05, 0) is 55.8 Å². The van der Waals surface area contributed by atoms with Gasteiger partial charge in [-0.25, -0.2) is 9.78 Å². The van der Waals surface area contributed by atoms with E-state index in [-0.39, 0.29) is 17.7 Å². The minimum atomic E-state index is -4.50. The largest absolute Gasteiger partial charge is 0.493 e. The van der Waals surface area contributed by atoms with Crippen molar-refractivity contribution in [3.05, 3.63) is 119 Å². The average molecular weight is 579 g/mol. The Morgan fingerprint density at radius 2 is 1.69 bits per heavy atom. The van der Waals surface area contributed by atoms with Gasteiger partial charge < -0.3 is 19.6 Å². The molecule has 1 atom stereocenters. The molecule has 0 spiro atoms. The van der Waals surface area contributed by atoms with E-state index in [4.69, 9.17) is 9.15 Å². The van der Waals surface area contributed by atoms with E-state index in [0.717, 1.165) is 52.9 Å². The summed E-state index contributed by atoms with van der Waals surface area (Å²) >= 11 is 0. The topological polar surface area (TPSA) is 102 Å². The number of ketones is 1. The molecular weight excluding hydrogens is 549 g/mol. The number of hydrogen-bond acceptors (Lipinski definition) is 6. The normalized spacial score (nSPS) is 12.5. The first-order valence-electron chi connectivity index (χ1n) is 13.1. The molecule has 2 N–H and O–H groups in total. The van der Waals surface area contributed by atoms with E-state index in [2.05, 4.69) is 10.3 Å². The fourth-order valence-electron chi connectivity index (χ4n) is 4.21. The number of benzene rings is 3. The summed E-state index contributed by atoms with van der Waals surface area (Å²) in [5.41, 5.74) is 1.90. The molecule has 0 saturated heterocycles. The maximum absolute atomic E-state index is 12.8. The average Bonchev–Trinajstić information content (AvgIpc) is 3.33. The predicted molar refractivity (Wildman–Crippen MR) is 150 cm³/mol. The van der Waals surface area contributed by atoms with Crippen LogP contribution in [0, 0.1) is 6.92 Å². The second-order valence-electron chi connectivity index (χ2n) is 9.64. The number of carbonyl (C=O) groups is 2. The van der Waals surface area contributed by atoms with Crippen LogP contribution < -0.4 is 10.1 Å². The maximum Gasteiger partial charge on any atom is 0.416 e. The molecule has 0 amide bonds. The third kappa shape index (κ3) is 8.09. The van der Waals surface area contributed by atoms with Gasteiger partial charge in [-0.1, -0.05) is 42.5 Å². The molecule has 0 aliphatic heterocycles. The molecular formula is C32H29F3N2O5. The minimum Gasteiger partial charge on any atom is -0.493 e. The van der Waals surface area contributed by atoms with Gasteiger partial charge in [0.2, 0.25) is 5.89 Å². The van der Waals surface area contributed by atoms with E-state index in [1.165, 1.54) is 6.92 Å². The fourth-order valence-corrected chi connectivity index (χ4v) is 4.21. The number of nitrogens with zero attached hydrogens (tertiary/aromatic N) is 1. The third-order valence-corrected chi connectivity index (χ3v) is 6.43. The molecule has 0 fully saturated rings. The maximum atomic E-state index is 12.8. The van der Waals surface area contributed by atoms with E-state index in [0.29, 0.717) is 24.7 Å². The van der Waals surface area contributed by atoms with Gasteiger partial charge in [-0.2, -0.15) is 13.2 Å². The number of nitrogens with one attached hydrogen (secondary N) is 1. The van der Waals surface area contributed by atoms with Crippen molar-refractivity contribution in [3.8, 4) is 17.2 Å². The first-order chi connectivity index (χ1) is 20.0. The van der Waals surface area contributed by atoms with Gasteiger partial charge in [0.25, 0.3) is 0 Å². The van der Waals surface area contributed by atoms with Crippen LogP contribution in [-0.4, -0.2) is 34.5 Å². The molecule has 42 heavy (non-hydrogen) atoms. The first-order valence-corrected chi connectivity index (χ1v) is 13.1. The van der Waals surface area contributed by atoms with Gasteiger partial charge in [0.1, 0.15) is 17.6 Å². The molecule has 0 unspecified atom stereocenters. The van der Waals surface area contributed by atoms with Crippen molar-refractivity contribution >= 4 is 11.8 Å². The Bertz CT molecular complexity index is 1540.